The molecule has 0 spiro atoms. The molecule has 1 rings (SSSR count). The van der Waals surface area contributed by atoms with E-state index >= 15 is 0 Å². The number of hydrogen-bond donors (Lipinski definition) is 1. The summed E-state index contributed by atoms with van der Waals surface area (Å²) in [6.07, 6.45) is -3.41. The van der Waals surface area contributed by atoms with Gasteiger partial charge in [0.25, 0.3) is 6.43 Å². The van der Waals surface area contributed by atoms with Gasteiger partial charge in [-0.2, -0.15) is 0 Å². The molecule has 1 aromatic carbocycles. The summed E-state index contributed by atoms with van der Waals surface area (Å²) in [7, 11) is 0. The summed E-state index contributed by atoms with van der Waals surface area (Å²) in [4.78, 5) is 24.8. The number of halogens is 2. The van der Waals surface area contributed by atoms with Gasteiger partial charge in [0.05, 0.1) is 0 Å². The molecular formula is C16H21F2NO4. The predicted octanol–water partition coefficient (Wildman–Crippen LogP) is 4.01. The molecular weight excluding hydrogens is 308 g/mol. The molecule has 0 radical (unpaired) electrons. The summed E-state index contributed by atoms with van der Waals surface area (Å²) < 4.78 is 30.4. The molecule has 0 saturated heterocycles. The number of likely N-dealkylation sites (N-methyl/N-ethyl adjacent to an activating group) is 1. The van der Waals surface area contributed by atoms with Crippen molar-refractivity contribution in [3.05, 3.63) is 35.4 Å². The number of carboxylic acid groups (broad SMARTS) is 1. The maximum Gasteiger partial charge on any atom is 0.411 e. The molecule has 1 N–H and O–H groups in total. The summed E-state index contributed by atoms with van der Waals surface area (Å²) in [6.45, 7) is 6.74. The Bertz CT molecular complexity index is 552. The van der Waals surface area contributed by atoms with Gasteiger partial charge in [0.2, 0.25) is 0 Å². The monoisotopic (exact) mass is 329 g/mol. The number of ether oxygens (including phenoxy) is 1. The average Bonchev–Trinajstić information content (AvgIpc) is 2.42. The molecule has 5 nitrogen and oxygen atoms in total. The first-order valence-corrected chi connectivity index (χ1v) is 7.17. The fourth-order valence-electron chi connectivity index (χ4n) is 2.02. The Labute approximate surface area is 133 Å². The zero-order valence-electron chi connectivity index (χ0n) is 13.5. The first-order valence-electron chi connectivity index (χ1n) is 7.17. The molecule has 0 aliphatic carbocycles. The third-order valence-electron chi connectivity index (χ3n) is 3.02. The van der Waals surface area contributed by atoms with E-state index in [2.05, 4.69) is 0 Å². The Balaban J connectivity index is 3.12. The van der Waals surface area contributed by atoms with Crippen LogP contribution in [0.15, 0.2) is 24.3 Å². The lowest BCUT2D eigenvalue weighted by Crippen LogP contribution is -2.42. The molecule has 1 unspecified atom stereocenters. The van der Waals surface area contributed by atoms with Gasteiger partial charge in [-0.25, -0.2) is 18.4 Å². The van der Waals surface area contributed by atoms with Crippen LogP contribution >= 0.6 is 0 Å². The summed E-state index contributed by atoms with van der Waals surface area (Å²) in [5, 5.41) is 9.46. The molecule has 1 aromatic rings. The maximum absolute atomic E-state index is 12.6. The molecule has 0 saturated carbocycles. The second kappa shape index (κ2) is 7.39. The van der Waals surface area contributed by atoms with Crippen molar-refractivity contribution in [2.45, 2.75) is 45.8 Å². The van der Waals surface area contributed by atoms with Crippen LogP contribution in [0, 0.1) is 0 Å². The van der Waals surface area contributed by atoms with Gasteiger partial charge in [0.1, 0.15) is 5.60 Å². The molecule has 0 heterocycles. The first-order chi connectivity index (χ1) is 10.6. The SMILES string of the molecule is CCN(C(=O)OC(C)(C)C)C(C(=O)O)c1ccc(C(F)F)cc1. The van der Waals surface area contributed by atoms with Crippen LogP contribution in [0.5, 0.6) is 0 Å². The largest absolute Gasteiger partial charge is 0.479 e. The summed E-state index contributed by atoms with van der Waals surface area (Å²) in [6, 6.07) is 3.57. The van der Waals surface area contributed by atoms with E-state index in [4.69, 9.17) is 4.74 Å². The molecule has 7 heteroatoms. The van der Waals surface area contributed by atoms with Gasteiger partial charge in [-0.3, -0.25) is 4.90 Å². The third-order valence-corrected chi connectivity index (χ3v) is 3.02. The number of carboxylic acids is 1. The number of aliphatic carboxylic acids is 1. The predicted molar refractivity (Wildman–Crippen MR) is 80.4 cm³/mol. The number of alkyl halides is 2. The highest BCUT2D eigenvalue weighted by molar-refractivity contribution is 5.81. The highest BCUT2D eigenvalue weighted by Crippen LogP contribution is 2.26. The lowest BCUT2D eigenvalue weighted by Gasteiger charge is -2.30. The molecule has 1 amide bonds. The van der Waals surface area contributed by atoms with Gasteiger partial charge in [-0.15, -0.1) is 0 Å². The van der Waals surface area contributed by atoms with Crippen LogP contribution in [0.2, 0.25) is 0 Å². The van der Waals surface area contributed by atoms with E-state index in [1.54, 1.807) is 27.7 Å². The third kappa shape index (κ3) is 5.19. The van der Waals surface area contributed by atoms with E-state index in [1.807, 2.05) is 0 Å². The van der Waals surface area contributed by atoms with Crippen molar-refractivity contribution < 1.29 is 28.2 Å². The van der Waals surface area contributed by atoms with Gasteiger partial charge >= 0.3 is 12.1 Å². The number of carbonyl (C=O) groups is 2. The lowest BCUT2D eigenvalue weighted by molar-refractivity contribution is -0.143. The van der Waals surface area contributed by atoms with Crippen molar-refractivity contribution in [3.8, 4) is 0 Å². The maximum atomic E-state index is 12.6. The standard InChI is InChI=1S/C16H21F2NO4/c1-5-19(15(22)23-16(2,3)4)12(14(20)21)10-6-8-11(9-7-10)13(17)18/h6-9,12-13H,5H2,1-4H3,(H,20,21). The number of nitrogens with zero attached hydrogens (tertiary/aromatic N) is 1. The number of carbonyl (C=O) groups excluding carboxylic acids is 1. The Kier molecular flexibility index (Phi) is 6.06. The molecule has 0 aliphatic rings. The molecule has 0 bridgehead atoms. The quantitative estimate of drug-likeness (QED) is 0.886. The fraction of sp³-hybridized carbons (Fsp3) is 0.500. The highest BCUT2D eigenvalue weighted by Gasteiger charge is 2.33. The van der Waals surface area contributed by atoms with E-state index < -0.39 is 30.1 Å². The van der Waals surface area contributed by atoms with Crippen LogP contribution in [0.4, 0.5) is 13.6 Å². The van der Waals surface area contributed by atoms with Crippen LogP contribution in [-0.2, 0) is 9.53 Å². The highest BCUT2D eigenvalue weighted by atomic mass is 19.3. The van der Waals surface area contributed by atoms with E-state index in [0.29, 0.717) is 0 Å². The van der Waals surface area contributed by atoms with Gasteiger partial charge in [-0.05, 0) is 33.3 Å². The van der Waals surface area contributed by atoms with Crippen molar-refractivity contribution >= 4 is 12.1 Å². The molecule has 0 aromatic heterocycles. The Morgan fingerprint density at radius 3 is 2.00 bits per heavy atom. The van der Waals surface area contributed by atoms with Crippen molar-refractivity contribution in [3.63, 3.8) is 0 Å². The molecule has 23 heavy (non-hydrogen) atoms. The second-order valence-corrected chi connectivity index (χ2v) is 5.97. The molecule has 0 fully saturated rings. The Hall–Kier alpha value is -2.18. The number of hydrogen-bond acceptors (Lipinski definition) is 3. The fourth-order valence-corrected chi connectivity index (χ4v) is 2.02. The van der Waals surface area contributed by atoms with Gasteiger partial charge in [-0.1, -0.05) is 24.3 Å². The van der Waals surface area contributed by atoms with Crippen LogP contribution < -0.4 is 0 Å². The summed E-state index contributed by atoms with van der Waals surface area (Å²) in [5.41, 5.74) is -0.750. The minimum absolute atomic E-state index is 0.0997. The molecule has 1 atom stereocenters. The van der Waals surface area contributed by atoms with Crippen molar-refractivity contribution in [1.29, 1.82) is 0 Å². The van der Waals surface area contributed by atoms with E-state index in [9.17, 15) is 23.5 Å². The summed E-state index contributed by atoms with van der Waals surface area (Å²) in [5.74, 6) is -1.26. The van der Waals surface area contributed by atoms with E-state index in [0.717, 1.165) is 17.0 Å². The average molecular weight is 329 g/mol. The Morgan fingerprint density at radius 1 is 1.17 bits per heavy atom. The van der Waals surface area contributed by atoms with Crippen LogP contribution in [0.1, 0.15) is 51.3 Å². The van der Waals surface area contributed by atoms with Crippen LogP contribution in [0.25, 0.3) is 0 Å². The first kappa shape index (κ1) is 18.9. The van der Waals surface area contributed by atoms with Crippen molar-refractivity contribution in [2.24, 2.45) is 0 Å². The number of rotatable bonds is 5. The summed E-state index contributed by atoms with van der Waals surface area (Å²) >= 11 is 0. The van der Waals surface area contributed by atoms with Gasteiger partial charge in [0, 0.05) is 12.1 Å². The zero-order valence-corrected chi connectivity index (χ0v) is 13.5. The molecule has 0 aliphatic heterocycles. The minimum atomic E-state index is -2.64. The topological polar surface area (TPSA) is 66.8 Å². The van der Waals surface area contributed by atoms with E-state index in [-0.39, 0.29) is 17.7 Å². The smallest absolute Gasteiger partial charge is 0.411 e. The van der Waals surface area contributed by atoms with E-state index in [1.165, 1.54) is 12.1 Å². The number of benzene rings is 1. The zero-order chi connectivity index (χ0) is 17.8. The lowest BCUT2D eigenvalue weighted by atomic mass is 10.0. The Morgan fingerprint density at radius 2 is 1.65 bits per heavy atom. The van der Waals surface area contributed by atoms with Gasteiger partial charge < -0.3 is 9.84 Å². The van der Waals surface area contributed by atoms with Gasteiger partial charge in [0.15, 0.2) is 6.04 Å². The second-order valence-electron chi connectivity index (χ2n) is 5.97. The minimum Gasteiger partial charge on any atom is -0.479 e. The van der Waals surface area contributed by atoms with Crippen LogP contribution in [0.3, 0.4) is 0 Å². The van der Waals surface area contributed by atoms with Crippen molar-refractivity contribution in [2.75, 3.05) is 6.54 Å². The number of amides is 1. The molecule has 128 valence electrons. The normalized spacial score (nSPS) is 12.8. The van der Waals surface area contributed by atoms with Crippen molar-refractivity contribution in [1.82, 2.24) is 4.90 Å². The van der Waals surface area contributed by atoms with Crippen LogP contribution in [-0.4, -0.2) is 34.2 Å².